The molecule has 0 saturated carbocycles. The molecular weight excluding hydrogens is 241 g/mol. The van der Waals surface area contributed by atoms with Gasteiger partial charge < -0.3 is 4.74 Å². The predicted molar refractivity (Wildman–Crippen MR) is 72.5 cm³/mol. The van der Waals surface area contributed by atoms with Crippen LogP contribution < -0.4 is 4.74 Å². The number of aromatic nitrogens is 1. The van der Waals surface area contributed by atoms with E-state index in [2.05, 4.69) is 4.98 Å². The molecule has 0 atom stereocenters. The Bertz CT molecular complexity index is 706. The highest BCUT2D eigenvalue weighted by atomic mass is 19.1. The second-order valence-electron chi connectivity index (χ2n) is 4.22. The summed E-state index contributed by atoms with van der Waals surface area (Å²) >= 11 is 0. The maximum atomic E-state index is 13.4. The molecule has 0 unspecified atom stereocenters. The Morgan fingerprint density at radius 1 is 0.947 bits per heavy atom. The summed E-state index contributed by atoms with van der Waals surface area (Å²) in [5.74, 6) is -0.404. The topological polar surface area (TPSA) is 22.1 Å². The molecule has 0 aliphatic rings. The minimum atomic E-state index is -0.581. The number of fused-ring (bicyclic) bond motifs is 1. The first-order chi connectivity index (χ1) is 9.34. The SMILES string of the molecule is Fc1ncccc1OCc1cccc2ccccc12. The van der Waals surface area contributed by atoms with Crippen molar-refractivity contribution in [3.63, 3.8) is 0 Å². The van der Waals surface area contributed by atoms with E-state index in [0.29, 0.717) is 6.61 Å². The molecule has 0 saturated heterocycles. The van der Waals surface area contributed by atoms with Crippen molar-refractivity contribution in [2.75, 3.05) is 0 Å². The summed E-state index contributed by atoms with van der Waals surface area (Å²) in [6.45, 7) is 0.323. The van der Waals surface area contributed by atoms with E-state index in [-0.39, 0.29) is 5.75 Å². The monoisotopic (exact) mass is 253 g/mol. The van der Waals surface area contributed by atoms with Gasteiger partial charge in [-0.15, -0.1) is 0 Å². The summed E-state index contributed by atoms with van der Waals surface area (Å²) in [4.78, 5) is 3.56. The van der Waals surface area contributed by atoms with E-state index in [1.54, 1.807) is 12.1 Å². The van der Waals surface area contributed by atoms with Gasteiger partial charge in [0, 0.05) is 6.20 Å². The van der Waals surface area contributed by atoms with Crippen LogP contribution in [0, 0.1) is 5.95 Å². The average Bonchev–Trinajstić information content (AvgIpc) is 2.46. The number of hydrogen-bond acceptors (Lipinski definition) is 2. The van der Waals surface area contributed by atoms with E-state index in [1.807, 2.05) is 42.5 Å². The second kappa shape index (κ2) is 5.06. The fourth-order valence-electron chi connectivity index (χ4n) is 2.05. The van der Waals surface area contributed by atoms with E-state index in [9.17, 15) is 4.39 Å². The van der Waals surface area contributed by atoms with E-state index in [1.165, 1.54) is 6.20 Å². The number of pyridine rings is 1. The van der Waals surface area contributed by atoms with Crippen LogP contribution in [0.4, 0.5) is 4.39 Å². The molecule has 3 aromatic rings. The zero-order valence-corrected chi connectivity index (χ0v) is 10.2. The molecule has 3 rings (SSSR count). The largest absolute Gasteiger partial charge is 0.484 e. The first kappa shape index (κ1) is 11.7. The molecule has 19 heavy (non-hydrogen) atoms. The number of benzene rings is 2. The highest BCUT2D eigenvalue weighted by molar-refractivity contribution is 5.85. The van der Waals surface area contributed by atoms with Crippen molar-refractivity contribution >= 4 is 10.8 Å². The smallest absolute Gasteiger partial charge is 0.255 e. The normalized spacial score (nSPS) is 10.6. The van der Waals surface area contributed by atoms with Crippen LogP contribution in [0.3, 0.4) is 0 Å². The third kappa shape index (κ3) is 2.40. The zero-order valence-electron chi connectivity index (χ0n) is 10.2. The van der Waals surface area contributed by atoms with Crippen LogP contribution in [-0.4, -0.2) is 4.98 Å². The van der Waals surface area contributed by atoms with Crippen molar-refractivity contribution in [1.82, 2.24) is 4.98 Å². The Kier molecular flexibility index (Phi) is 3.11. The molecule has 0 N–H and O–H groups in total. The minimum absolute atomic E-state index is 0.176. The van der Waals surface area contributed by atoms with Crippen LogP contribution in [0.5, 0.6) is 5.75 Å². The molecule has 0 spiro atoms. The molecule has 94 valence electrons. The molecule has 1 aromatic heterocycles. The molecule has 0 bridgehead atoms. The highest BCUT2D eigenvalue weighted by Crippen LogP contribution is 2.21. The molecular formula is C16H12FNO. The summed E-state index contributed by atoms with van der Waals surface area (Å²) in [6.07, 6.45) is 1.40. The van der Waals surface area contributed by atoms with E-state index >= 15 is 0 Å². The summed E-state index contributed by atoms with van der Waals surface area (Å²) < 4.78 is 18.9. The molecule has 2 aromatic carbocycles. The second-order valence-corrected chi connectivity index (χ2v) is 4.22. The molecule has 3 heteroatoms. The van der Waals surface area contributed by atoms with Crippen molar-refractivity contribution in [2.24, 2.45) is 0 Å². The van der Waals surface area contributed by atoms with Crippen LogP contribution in [0.2, 0.25) is 0 Å². The maximum Gasteiger partial charge on any atom is 0.255 e. The van der Waals surface area contributed by atoms with Crippen molar-refractivity contribution in [3.8, 4) is 5.75 Å². The fourth-order valence-corrected chi connectivity index (χ4v) is 2.05. The van der Waals surface area contributed by atoms with E-state index in [0.717, 1.165) is 16.3 Å². The Morgan fingerprint density at radius 3 is 2.68 bits per heavy atom. The van der Waals surface area contributed by atoms with Crippen LogP contribution in [0.25, 0.3) is 10.8 Å². The number of ether oxygens (including phenoxy) is 1. The third-order valence-electron chi connectivity index (χ3n) is 2.99. The van der Waals surface area contributed by atoms with Gasteiger partial charge in [-0.05, 0) is 28.5 Å². The van der Waals surface area contributed by atoms with Gasteiger partial charge in [0.25, 0.3) is 5.95 Å². The predicted octanol–water partition coefficient (Wildman–Crippen LogP) is 3.95. The molecule has 0 aliphatic carbocycles. The van der Waals surface area contributed by atoms with Crippen LogP contribution in [0.15, 0.2) is 60.8 Å². The number of hydrogen-bond donors (Lipinski definition) is 0. The molecule has 0 fully saturated rings. The van der Waals surface area contributed by atoms with Crippen molar-refractivity contribution in [2.45, 2.75) is 6.61 Å². The standard InChI is InChI=1S/C16H12FNO/c17-16-15(9-4-10-18-16)19-11-13-7-3-6-12-5-1-2-8-14(12)13/h1-10H,11H2. The molecule has 2 nitrogen and oxygen atoms in total. The Labute approximate surface area is 110 Å². The highest BCUT2D eigenvalue weighted by Gasteiger charge is 2.05. The Morgan fingerprint density at radius 2 is 1.79 bits per heavy atom. The van der Waals surface area contributed by atoms with Crippen molar-refractivity contribution < 1.29 is 9.13 Å². The number of rotatable bonds is 3. The van der Waals surface area contributed by atoms with Gasteiger partial charge in [-0.25, -0.2) is 4.98 Å². The summed E-state index contributed by atoms with van der Waals surface area (Å²) in [6, 6.07) is 17.3. The zero-order chi connectivity index (χ0) is 13.1. The summed E-state index contributed by atoms with van der Waals surface area (Å²) in [7, 11) is 0. The number of nitrogens with zero attached hydrogens (tertiary/aromatic N) is 1. The number of halogens is 1. The molecule has 0 amide bonds. The quantitative estimate of drug-likeness (QED) is 0.659. The molecule has 1 heterocycles. The van der Waals surface area contributed by atoms with E-state index in [4.69, 9.17) is 4.74 Å². The lowest BCUT2D eigenvalue weighted by Gasteiger charge is -2.09. The van der Waals surface area contributed by atoms with Gasteiger partial charge in [0.05, 0.1) is 0 Å². The lowest BCUT2D eigenvalue weighted by molar-refractivity contribution is 0.287. The summed E-state index contributed by atoms with van der Waals surface area (Å²) in [5, 5.41) is 2.27. The van der Waals surface area contributed by atoms with Gasteiger partial charge in [0.1, 0.15) is 6.61 Å². The van der Waals surface area contributed by atoms with Crippen LogP contribution in [0.1, 0.15) is 5.56 Å². The first-order valence-electron chi connectivity index (χ1n) is 6.04. The van der Waals surface area contributed by atoms with Gasteiger partial charge in [-0.2, -0.15) is 4.39 Å². The van der Waals surface area contributed by atoms with Gasteiger partial charge >= 0.3 is 0 Å². The van der Waals surface area contributed by atoms with Gasteiger partial charge in [-0.1, -0.05) is 42.5 Å². The van der Waals surface area contributed by atoms with Gasteiger partial charge in [0.15, 0.2) is 5.75 Å². The molecule has 0 radical (unpaired) electrons. The maximum absolute atomic E-state index is 13.4. The Hall–Kier alpha value is -2.42. The summed E-state index contributed by atoms with van der Waals surface area (Å²) in [5.41, 5.74) is 1.03. The van der Waals surface area contributed by atoms with Gasteiger partial charge in [-0.3, -0.25) is 0 Å². The third-order valence-corrected chi connectivity index (χ3v) is 2.99. The van der Waals surface area contributed by atoms with E-state index < -0.39 is 5.95 Å². The average molecular weight is 253 g/mol. The lowest BCUT2D eigenvalue weighted by atomic mass is 10.1. The molecule has 0 aliphatic heterocycles. The van der Waals surface area contributed by atoms with Crippen LogP contribution in [-0.2, 0) is 6.61 Å². The Balaban J connectivity index is 1.88. The fraction of sp³-hybridized carbons (Fsp3) is 0.0625. The minimum Gasteiger partial charge on any atom is -0.484 e. The van der Waals surface area contributed by atoms with Crippen molar-refractivity contribution in [3.05, 3.63) is 72.3 Å². The first-order valence-corrected chi connectivity index (χ1v) is 6.04. The van der Waals surface area contributed by atoms with Crippen LogP contribution >= 0.6 is 0 Å². The van der Waals surface area contributed by atoms with Crippen molar-refractivity contribution in [1.29, 1.82) is 0 Å². The van der Waals surface area contributed by atoms with Gasteiger partial charge in [0.2, 0.25) is 0 Å². The lowest BCUT2D eigenvalue weighted by Crippen LogP contribution is -1.99.